The first-order valence-corrected chi connectivity index (χ1v) is 8.66. The highest BCUT2D eigenvalue weighted by Crippen LogP contribution is 2.52. The Balaban J connectivity index is 1.64. The molecule has 9 heteroatoms. The topological polar surface area (TPSA) is 80.8 Å². The zero-order valence-electron chi connectivity index (χ0n) is 12.1. The Morgan fingerprint density at radius 1 is 1.04 bits per heavy atom. The summed E-state index contributed by atoms with van der Waals surface area (Å²) in [5, 5.41) is 0.208. The summed E-state index contributed by atoms with van der Waals surface area (Å²) in [6, 6.07) is 1.80. The fourth-order valence-electron chi connectivity index (χ4n) is 3.76. The molecule has 1 aliphatic heterocycles. The molecule has 126 valence electrons. The van der Waals surface area contributed by atoms with Crippen molar-refractivity contribution in [1.82, 2.24) is 5.06 Å². The van der Waals surface area contributed by atoms with Gasteiger partial charge in [0.05, 0.1) is 11.8 Å². The molecule has 2 aliphatic carbocycles. The Bertz CT molecular complexity index is 867. The van der Waals surface area contributed by atoms with E-state index >= 15 is 0 Å². The van der Waals surface area contributed by atoms with Gasteiger partial charge in [-0.05, 0) is 30.4 Å². The number of amides is 2. The smallest absolute Gasteiger partial charge is 0.272 e. The lowest BCUT2D eigenvalue weighted by Gasteiger charge is -2.16. The maximum absolute atomic E-state index is 13.7. The molecule has 0 N–H and O–H groups in total. The average molecular weight is 355 g/mol. The second-order valence-electron chi connectivity index (χ2n) is 6.07. The lowest BCUT2D eigenvalue weighted by Crippen LogP contribution is -2.35. The van der Waals surface area contributed by atoms with Gasteiger partial charge in [0.15, 0.2) is 0 Å². The average Bonchev–Trinajstić information content (AvgIpc) is 3.16. The highest BCUT2D eigenvalue weighted by Gasteiger charge is 2.61. The molecule has 4 atom stereocenters. The first kappa shape index (κ1) is 15.4. The number of nitrogens with zero attached hydrogens (tertiary/aromatic N) is 1. The van der Waals surface area contributed by atoms with Crippen LogP contribution in [0.3, 0.4) is 0 Å². The molecule has 2 fully saturated rings. The van der Waals surface area contributed by atoms with Crippen LogP contribution >= 0.6 is 0 Å². The van der Waals surface area contributed by atoms with E-state index in [0.29, 0.717) is 18.6 Å². The first-order valence-electron chi connectivity index (χ1n) is 7.25. The first-order chi connectivity index (χ1) is 11.3. The van der Waals surface area contributed by atoms with E-state index in [-0.39, 0.29) is 16.9 Å². The van der Waals surface area contributed by atoms with E-state index in [1.165, 1.54) is 0 Å². The van der Waals surface area contributed by atoms with E-state index in [1.54, 1.807) is 0 Å². The largest absolute Gasteiger partial charge is 0.321 e. The van der Waals surface area contributed by atoms with Gasteiger partial charge < -0.3 is 0 Å². The van der Waals surface area contributed by atoms with Crippen LogP contribution in [0, 0.1) is 35.3 Å². The highest BCUT2D eigenvalue weighted by molar-refractivity contribution is 7.86. The number of allylic oxidation sites excluding steroid dienone is 2. The molecule has 1 saturated carbocycles. The van der Waals surface area contributed by atoms with Crippen LogP contribution in [0.25, 0.3) is 0 Å². The van der Waals surface area contributed by atoms with Crippen LogP contribution < -0.4 is 0 Å². The summed E-state index contributed by atoms with van der Waals surface area (Å²) in [5.74, 6) is -5.32. The predicted octanol–water partition coefficient (Wildman–Crippen LogP) is 1.39. The van der Waals surface area contributed by atoms with Crippen molar-refractivity contribution < 1.29 is 31.1 Å². The summed E-state index contributed by atoms with van der Waals surface area (Å²) < 4.78 is 55.5. The van der Waals surface area contributed by atoms with Crippen molar-refractivity contribution in [2.24, 2.45) is 23.7 Å². The van der Waals surface area contributed by atoms with Crippen molar-refractivity contribution in [2.75, 3.05) is 0 Å². The van der Waals surface area contributed by atoms with E-state index in [2.05, 4.69) is 4.28 Å². The fraction of sp³-hybridized carbons (Fsp3) is 0.333. The van der Waals surface area contributed by atoms with Crippen LogP contribution in [0.15, 0.2) is 35.2 Å². The van der Waals surface area contributed by atoms with E-state index in [9.17, 15) is 26.8 Å². The van der Waals surface area contributed by atoms with Gasteiger partial charge in [-0.15, -0.1) is 9.35 Å². The molecule has 24 heavy (non-hydrogen) atoms. The van der Waals surface area contributed by atoms with Crippen LogP contribution in [-0.4, -0.2) is 25.3 Å². The van der Waals surface area contributed by atoms with Crippen molar-refractivity contribution in [3.8, 4) is 0 Å². The Morgan fingerprint density at radius 2 is 1.62 bits per heavy atom. The number of fused-ring (bicyclic) bond motifs is 5. The number of carbonyl (C=O) groups is 2. The third-order valence-electron chi connectivity index (χ3n) is 4.77. The number of rotatable bonds is 3. The quantitative estimate of drug-likeness (QED) is 0.605. The number of hydrogen-bond donors (Lipinski definition) is 0. The molecular formula is C15H11F2NO5S. The summed E-state index contributed by atoms with van der Waals surface area (Å²) in [7, 11) is -4.78. The number of hydroxylamine groups is 2. The Morgan fingerprint density at radius 3 is 2.17 bits per heavy atom. The SMILES string of the molecule is O=C1C2C3C=CC(C3)C2C(=O)N1OS(=O)(=O)c1ccc(F)cc1F. The summed E-state index contributed by atoms with van der Waals surface area (Å²) in [5.41, 5.74) is 0. The lowest BCUT2D eigenvalue weighted by molar-refractivity contribution is -0.166. The third kappa shape index (κ3) is 2.04. The monoisotopic (exact) mass is 355 g/mol. The van der Waals surface area contributed by atoms with Crippen molar-refractivity contribution >= 4 is 21.9 Å². The van der Waals surface area contributed by atoms with Gasteiger partial charge in [-0.25, -0.2) is 8.78 Å². The molecule has 1 heterocycles. The second kappa shape index (κ2) is 4.93. The van der Waals surface area contributed by atoms with Crippen LogP contribution in [0.5, 0.6) is 0 Å². The number of halogens is 2. The second-order valence-corrected chi connectivity index (χ2v) is 7.57. The van der Waals surface area contributed by atoms with Gasteiger partial charge in [-0.1, -0.05) is 12.2 Å². The molecule has 1 aromatic carbocycles. The van der Waals surface area contributed by atoms with Gasteiger partial charge in [-0.2, -0.15) is 8.42 Å². The molecule has 3 aliphatic rings. The summed E-state index contributed by atoms with van der Waals surface area (Å²) in [4.78, 5) is 23.8. The van der Waals surface area contributed by atoms with Gasteiger partial charge in [0, 0.05) is 6.07 Å². The molecule has 2 amide bonds. The van der Waals surface area contributed by atoms with Gasteiger partial charge in [0.25, 0.3) is 11.8 Å². The minimum atomic E-state index is -4.78. The molecule has 0 aromatic heterocycles. The third-order valence-corrected chi connectivity index (χ3v) is 5.98. The zero-order valence-corrected chi connectivity index (χ0v) is 12.9. The van der Waals surface area contributed by atoms with Gasteiger partial charge >= 0.3 is 10.1 Å². The number of carbonyl (C=O) groups excluding carboxylic acids is 2. The molecule has 4 rings (SSSR count). The highest BCUT2D eigenvalue weighted by atomic mass is 32.2. The van der Waals surface area contributed by atoms with Gasteiger partial charge in [-0.3, -0.25) is 9.59 Å². The Kier molecular flexibility index (Phi) is 3.17. The molecule has 6 nitrogen and oxygen atoms in total. The van der Waals surface area contributed by atoms with E-state index in [4.69, 9.17) is 0 Å². The Hall–Kier alpha value is -2.13. The van der Waals surface area contributed by atoms with Crippen molar-refractivity contribution in [2.45, 2.75) is 11.3 Å². The number of hydrogen-bond acceptors (Lipinski definition) is 5. The minimum Gasteiger partial charge on any atom is -0.272 e. The molecule has 1 saturated heterocycles. The molecule has 0 radical (unpaired) electrons. The fourth-order valence-corrected chi connectivity index (χ4v) is 4.72. The number of imide groups is 1. The molecule has 4 unspecified atom stereocenters. The predicted molar refractivity (Wildman–Crippen MR) is 74.2 cm³/mol. The number of benzene rings is 1. The van der Waals surface area contributed by atoms with Gasteiger partial charge in [0.2, 0.25) is 0 Å². The molecule has 0 spiro atoms. The molecule has 1 aromatic rings. The van der Waals surface area contributed by atoms with Crippen LogP contribution in [0.2, 0.25) is 0 Å². The maximum Gasteiger partial charge on any atom is 0.321 e. The molecular weight excluding hydrogens is 344 g/mol. The van der Waals surface area contributed by atoms with E-state index in [1.807, 2.05) is 12.2 Å². The van der Waals surface area contributed by atoms with Crippen LogP contribution in [0.4, 0.5) is 8.78 Å². The summed E-state index contributed by atoms with van der Waals surface area (Å²) >= 11 is 0. The lowest BCUT2D eigenvalue weighted by atomic mass is 9.85. The maximum atomic E-state index is 13.7. The normalized spacial score (nSPS) is 31.2. The van der Waals surface area contributed by atoms with E-state index in [0.717, 1.165) is 6.07 Å². The van der Waals surface area contributed by atoms with Crippen molar-refractivity contribution in [3.05, 3.63) is 42.0 Å². The summed E-state index contributed by atoms with van der Waals surface area (Å²) in [6.45, 7) is 0. The van der Waals surface area contributed by atoms with E-state index < -0.39 is 50.3 Å². The standard InChI is InChI=1S/C15H11F2NO5S/c16-9-3-4-11(10(17)6-9)24(21,22)23-18-14(19)12-7-1-2-8(5-7)13(12)15(18)20/h1-4,6-8,12-13H,5H2. The zero-order chi connectivity index (χ0) is 17.2. The van der Waals surface area contributed by atoms with Crippen LogP contribution in [0.1, 0.15) is 6.42 Å². The van der Waals surface area contributed by atoms with Gasteiger partial charge in [0.1, 0.15) is 16.5 Å². The van der Waals surface area contributed by atoms with Crippen molar-refractivity contribution in [3.63, 3.8) is 0 Å². The molecule has 2 bridgehead atoms. The summed E-state index contributed by atoms with van der Waals surface area (Å²) in [6.07, 6.45) is 4.36. The minimum absolute atomic E-state index is 0.115. The van der Waals surface area contributed by atoms with Crippen molar-refractivity contribution in [1.29, 1.82) is 0 Å². The Labute approximate surface area is 135 Å². The van der Waals surface area contributed by atoms with Crippen LogP contribution in [-0.2, 0) is 24.0 Å².